The molecule has 22 heavy (non-hydrogen) atoms. The molecule has 0 aromatic heterocycles. The smallest absolute Gasteiger partial charge is 0.252 e. The number of rotatable bonds is 6. The summed E-state index contributed by atoms with van der Waals surface area (Å²) in [4.78, 5) is 12.0. The van der Waals surface area contributed by atoms with Crippen molar-refractivity contribution in [3.63, 3.8) is 0 Å². The molecule has 1 unspecified atom stereocenters. The number of hydrogen-bond acceptors (Lipinski definition) is 4. The summed E-state index contributed by atoms with van der Waals surface area (Å²) in [5.41, 5.74) is 2.82. The minimum absolute atomic E-state index is 0.0953. The van der Waals surface area contributed by atoms with Gasteiger partial charge in [-0.15, -0.1) is 0 Å². The Morgan fingerprint density at radius 3 is 2.09 bits per heavy atom. The van der Waals surface area contributed by atoms with Gasteiger partial charge < -0.3 is 0 Å². The van der Waals surface area contributed by atoms with Gasteiger partial charge >= 0.3 is 0 Å². The van der Waals surface area contributed by atoms with Crippen LogP contribution in [0.3, 0.4) is 0 Å². The van der Waals surface area contributed by atoms with Crippen LogP contribution in [0.5, 0.6) is 0 Å². The monoisotopic (exact) mass is 319 g/mol. The van der Waals surface area contributed by atoms with Crippen LogP contribution in [0.1, 0.15) is 5.56 Å². The van der Waals surface area contributed by atoms with E-state index in [0.717, 1.165) is 5.56 Å². The Balaban J connectivity index is 2.22. The van der Waals surface area contributed by atoms with Crippen molar-refractivity contribution >= 4 is 15.9 Å². The molecule has 2 aromatic carbocycles. The lowest BCUT2D eigenvalue weighted by atomic mass is 10.1. The van der Waals surface area contributed by atoms with Crippen molar-refractivity contribution in [2.75, 3.05) is 0 Å². The van der Waals surface area contributed by atoms with Gasteiger partial charge in [-0.3, -0.25) is 10.2 Å². The van der Waals surface area contributed by atoms with Crippen molar-refractivity contribution in [2.45, 2.75) is 17.4 Å². The van der Waals surface area contributed by atoms with Gasteiger partial charge in [0.05, 0.1) is 4.90 Å². The molecule has 0 radical (unpaired) electrons. The lowest BCUT2D eigenvalue weighted by molar-refractivity contribution is -0.122. The minimum Gasteiger partial charge on any atom is -0.293 e. The Morgan fingerprint density at radius 1 is 1.00 bits per heavy atom. The van der Waals surface area contributed by atoms with E-state index in [4.69, 9.17) is 5.84 Å². The fourth-order valence-electron chi connectivity index (χ4n) is 1.99. The van der Waals surface area contributed by atoms with Crippen molar-refractivity contribution in [3.8, 4) is 0 Å². The normalized spacial score (nSPS) is 12.6. The number of carbonyl (C=O) groups is 1. The topological polar surface area (TPSA) is 101 Å². The third-order valence-electron chi connectivity index (χ3n) is 3.09. The van der Waals surface area contributed by atoms with Crippen molar-refractivity contribution in [2.24, 2.45) is 5.84 Å². The molecule has 0 heterocycles. The molecular weight excluding hydrogens is 302 g/mol. The van der Waals surface area contributed by atoms with E-state index in [0.29, 0.717) is 0 Å². The van der Waals surface area contributed by atoms with E-state index in [9.17, 15) is 13.2 Å². The highest BCUT2D eigenvalue weighted by molar-refractivity contribution is 7.89. The van der Waals surface area contributed by atoms with Crippen molar-refractivity contribution in [3.05, 3.63) is 66.2 Å². The summed E-state index contributed by atoms with van der Waals surface area (Å²) in [6.45, 7) is 0. The lowest BCUT2D eigenvalue weighted by Crippen LogP contribution is -2.49. The maximum atomic E-state index is 12.3. The Labute approximate surface area is 129 Å². The number of benzene rings is 2. The number of amides is 1. The second-order valence-corrected chi connectivity index (χ2v) is 6.40. The molecule has 0 spiro atoms. The molecular formula is C15H17N3O3S. The van der Waals surface area contributed by atoms with Crippen LogP contribution < -0.4 is 16.0 Å². The molecule has 0 aliphatic carbocycles. The zero-order chi connectivity index (χ0) is 16.0. The molecule has 2 aromatic rings. The van der Waals surface area contributed by atoms with E-state index in [-0.39, 0.29) is 11.3 Å². The average Bonchev–Trinajstić information content (AvgIpc) is 2.55. The van der Waals surface area contributed by atoms with Gasteiger partial charge in [0.15, 0.2) is 0 Å². The summed E-state index contributed by atoms with van der Waals surface area (Å²) in [6, 6.07) is 16.0. The van der Waals surface area contributed by atoms with Gasteiger partial charge in [-0.1, -0.05) is 48.5 Å². The predicted molar refractivity (Wildman–Crippen MR) is 83.0 cm³/mol. The summed E-state index contributed by atoms with van der Waals surface area (Å²) in [7, 11) is -3.80. The van der Waals surface area contributed by atoms with Crippen LogP contribution in [0.4, 0.5) is 0 Å². The molecule has 0 bridgehead atoms. The van der Waals surface area contributed by atoms with Gasteiger partial charge in [0.1, 0.15) is 6.04 Å². The third-order valence-corrected chi connectivity index (χ3v) is 4.58. The van der Waals surface area contributed by atoms with E-state index >= 15 is 0 Å². The van der Waals surface area contributed by atoms with Crippen molar-refractivity contribution in [1.82, 2.24) is 10.1 Å². The zero-order valence-electron chi connectivity index (χ0n) is 11.8. The highest BCUT2D eigenvalue weighted by atomic mass is 32.2. The number of carbonyl (C=O) groups excluding carboxylic acids is 1. The molecule has 0 aliphatic rings. The maximum absolute atomic E-state index is 12.3. The van der Waals surface area contributed by atoms with Crippen LogP contribution in [0.2, 0.25) is 0 Å². The molecule has 1 amide bonds. The average molecular weight is 319 g/mol. The second kappa shape index (κ2) is 7.17. The van der Waals surface area contributed by atoms with Crippen LogP contribution in [0, 0.1) is 0 Å². The molecule has 0 saturated carbocycles. The number of hydrogen-bond donors (Lipinski definition) is 3. The molecule has 6 nitrogen and oxygen atoms in total. The molecule has 1 atom stereocenters. The Kier molecular flexibility index (Phi) is 5.26. The van der Waals surface area contributed by atoms with Gasteiger partial charge in [-0.05, 0) is 24.1 Å². The molecule has 0 aliphatic heterocycles. The first-order chi connectivity index (χ1) is 10.5. The number of sulfonamides is 1. The predicted octanol–water partition coefficient (Wildman–Crippen LogP) is 0.566. The molecule has 2 rings (SSSR count). The third kappa shape index (κ3) is 4.14. The quantitative estimate of drug-likeness (QED) is 0.411. The van der Waals surface area contributed by atoms with E-state index < -0.39 is 22.0 Å². The first-order valence-corrected chi connectivity index (χ1v) is 8.13. The van der Waals surface area contributed by atoms with E-state index in [1.807, 2.05) is 35.8 Å². The maximum Gasteiger partial charge on any atom is 0.252 e. The van der Waals surface area contributed by atoms with Gasteiger partial charge in [0, 0.05) is 0 Å². The van der Waals surface area contributed by atoms with Crippen LogP contribution in [0.15, 0.2) is 65.6 Å². The summed E-state index contributed by atoms with van der Waals surface area (Å²) in [6.07, 6.45) is 0.204. The number of nitrogens with one attached hydrogen (secondary N) is 2. The fourth-order valence-corrected chi connectivity index (χ4v) is 3.21. The Bertz CT molecular complexity index is 718. The highest BCUT2D eigenvalue weighted by Gasteiger charge is 2.25. The standard InChI is InChI=1S/C15H17N3O3S/c16-17-15(19)14(11-12-7-3-1-4-8-12)18-22(20,21)13-9-5-2-6-10-13/h1-10,14,18H,11,16H2,(H,17,19). The van der Waals surface area contributed by atoms with Crippen LogP contribution >= 0.6 is 0 Å². The number of nitrogens with two attached hydrogens (primary N) is 1. The van der Waals surface area contributed by atoms with Gasteiger partial charge in [-0.2, -0.15) is 4.72 Å². The Morgan fingerprint density at radius 2 is 1.55 bits per heavy atom. The molecule has 0 fully saturated rings. The molecule has 7 heteroatoms. The largest absolute Gasteiger partial charge is 0.293 e. The first kappa shape index (κ1) is 16.2. The lowest BCUT2D eigenvalue weighted by Gasteiger charge is -2.17. The molecule has 4 N–H and O–H groups in total. The van der Waals surface area contributed by atoms with Crippen molar-refractivity contribution in [1.29, 1.82) is 0 Å². The molecule has 0 saturated heterocycles. The van der Waals surface area contributed by atoms with Gasteiger partial charge in [0.2, 0.25) is 10.0 Å². The van der Waals surface area contributed by atoms with E-state index in [1.165, 1.54) is 12.1 Å². The zero-order valence-corrected chi connectivity index (χ0v) is 12.6. The highest BCUT2D eigenvalue weighted by Crippen LogP contribution is 2.10. The van der Waals surface area contributed by atoms with Crippen molar-refractivity contribution < 1.29 is 13.2 Å². The SMILES string of the molecule is NNC(=O)C(Cc1ccccc1)NS(=O)(=O)c1ccccc1. The van der Waals surface area contributed by atoms with Crippen LogP contribution in [0.25, 0.3) is 0 Å². The summed E-state index contributed by atoms with van der Waals surface area (Å²) >= 11 is 0. The minimum atomic E-state index is -3.80. The van der Waals surface area contributed by atoms with Gasteiger partial charge in [0.25, 0.3) is 5.91 Å². The first-order valence-electron chi connectivity index (χ1n) is 6.64. The summed E-state index contributed by atoms with van der Waals surface area (Å²) < 4.78 is 27.0. The fraction of sp³-hybridized carbons (Fsp3) is 0.133. The summed E-state index contributed by atoms with van der Waals surface area (Å²) in [5, 5.41) is 0. The number of hydrazine groups is 1. The van der Waals surface area contributed by atoms with E-state index in [1.54, 1.807) is 18.2 Å². The van der Waals surface area contributed by atoms with E-state index in [2.05, 4.69) is 4.72 Å². The van der Waals surface area contributed by atoms with Crippen LogP contribution in [-0.2, 0) is 21.2 Å². The Hall–Kier alpha value is -2.22. The van der Waals surface area contributed by atoms with Gasteiger partial charge in [-0.25, -0.2) is 14.3 Å². The summed E-state index contributed by atoms with van der Waals surface area (Å²) in [5.74, 6) is 4.56. The second-order valence-electron chi connectivity index (χ2n) is 4.69. The molecule has 116 valence electrons. The van der Waals surface area contributed by atoms with Crippen LogP contribution in [-0.4, -0.2) is 20.4 Å².